The van der Waals surface area contributed by atoms with Crippen LogP contribution in [0.3, 0.4) is 0 Å². The SMILES string of the molecule is CO[C@@H](c1ccc(C(F)(F)F)cc1CN1C(=O)OC(c2cc(C(F)(F)F)cc(C(F)(F)F)c2)[C@@H]1C)C1CCCCC1. The summed E-state index contributed by atoms with van der Waals surface area (Å²) in [4.78, 5) is 13.9. The molecule has 1 saturated heterocycles. The molecule has 0 radical (unpaired) electrons. The van der Waals surface area contributed by atoms with Gasteiger partial charge < -0.3 is 9.47 Å². The van der Waals surface area contributed by atoms with E-state index in [0.717, 1.165) is 49.1 Å². The number of ether oxygens (including phenoxy) is 2. The van der Waals surface area contributed by atoms with Crippen molar-refractivity contribution in [3.8, 4) is 0 Å². The minimum absolute atomic E-state index is 0.0193. The number of methoxy groups -OCH3 is 1. The molecule has 3 atom stereocenters. The summed E-state index contributed by atoms with van der Waals surface area (Å²) in [7, 11) is 1.44. The van der Waals surface area contributed by atoms with Gasteiger partial charge in [-0.3, -0.25) is 4.90 Å². The minimum atomic E-state index is -5.11. The Balaban J connectivity index is 1.71. The summed E-state index contributed by atoms with van der Waals surface area (Å²) < 4.78 is 132. The highest BCUT2D eigenvalue weighted by Gasteiger charge is 2.44. The second kappa shape index (κ2) is 11.4. The van der Waals surface area contributed by atoms with Crippen molar-refractivity contribution in [2.75, 3.05) is 7.11 Å². The second-order valence-electron chi connectivity index (χ2n) is 10.5. The number of benzene rings is 2. The Kier molecular flexibility index (Phi) is 8.60. The number of alkyl halides is 9. The molecule has 0 bridgehead atoms. The molecule has 1 aliphatic carbocycles. The van der Waals surface area contributed by atoms with Gasteiger partial charge in [-0.25, -0.2) is 4.79 Å². The van der Waals surface area contributed by atoms with Crippen molar-refractivity contribution < 1.29 is 53.8 Å². The van der Waals surface area contributed by atoms with E-state index < -0.39 is 71.7 Å². The van der Waals surface area contributed by atoms with Crippen molar-refractivity contribution in [2.24, 2.45) is 5.92 Å². The molecular weight excluding hydrogens is 569 g/mol. The molecule has 0 spiro atoms. The van der Waals surface area contributed by atoms with Crippen LogP contribution in [0.5, 0.6) is 0 Å². The molecule has 226 valence electrons. The van der Waals surface area contributed by atoms with Gasteiger partial charge in [-0.15, -0.1) is 0 Å². The van der Waals surface area contributed by atoms with Gasteiger partial charge in [0.1, 0.15) is 6.10 Å². The van der Waals surface area contributed by atoms with Crippen LogP contribution in [0.2, 0.25) is 0 Å². The molecule has 2 aromatic rings. The minimum Gasteiger partial charge on any atom is -0.439 e. The van der Waals surface area contributed by atoms with E-state index in [9.17, 15) is 44.3 Å². The molecule has 13 heteroatoms. The van der Waals surface area contributed by atoms with E-state index >= 15 is 0 Å². The third-order valence-corrected chi connectivity index (χ3v) is 7.78. The number of rotatable bonds is 6. The number of carbonyl (C=O) groups excluding carboxylic acids is 1. The summed E-state index contributed by atoms with van der Waals surface area (Å²) in [5.74, 6) is 0.0193. The monoisotopic (exact) mass is 597 g/mol. The van der Waals surface area contributed by atoms with Crippen molar-refractivity contribution in [2.45, 2.75) is 82.4 Å². The first-order valence-electron chi connectivity index (χ1n) is 13.0. The van der Waals surface area contributed by atoms with Crippen molar-refractivity contribution in [3.63, 3.8) is 0 Å². The smallest absolute Gasteiger partial charge is 0.416 e. The number of carbonyl (C=O) groups is 1. The Bertz CT molecular complexity index is 1220. The predicted molar refractivity (Wildman–Crippen MR) is 128 cm³/mol. The van der Waals surface area contributed by atoms with Crippen LogP contribution in [0.1, 0.15) is 84.6 Å². The maximum absolute atomic E-state index is 13.6. The summed E-state index contributed by atoms with van der Waals surface area (Å²) in [6, 6.07) is 2.93. The molecule has 1 saturated carbocycles. The van der Waals surface area contributed by atoms with Gasteiger partial charge in [-0.05, 0) is 72.7 Å². The molecule has 1 amide bonds. The average molecular weight is 598 g/mol. The van der Waals surface area contributed by atoms with Crippen molar-refractivity contribution >= 4 is 6.09 Å². The van der Waals surface area contributed by atoms with Crippen LogP contribution >= 0.6 is 0 Å². The second-order valence-corrected chi connectivity index (χ2v) is 10.5. The van der Waals surface area contributed by atoms with E-state index in [1.807, 2.05) is 0 Å². The Morgan fingerprint density at radius 1 is 0.854 bits per heavy atom. The lowest BCUT2D eigenvalue weighted by Gasteiger charge is -2.32. The van der Waals surface area contributed by atoms with Crippen LogP contribution in [0.4, 0.5) is 44.3 Å². The van der Waals surface area contributed by atoms with Gasteiger partial charge in [0.25, 0.3) is 0 Å². The van der Waals surface area contributed by atoms with E-state index in [0.29, 0.717) is 17.7 Å². The maximum Gasteiger partial charge on any atom is 0.416 e. The fourth-order valence-electron chi connectivity index (χ4n) is 5.69. The van der Waals surface area contributed by atoms with Crippen molar-refractivity contribution in [1.29, 1.82) is 0 Å². The molecular formula is C28H28F9NO3. The Morgan fingerprint density at radius 2 is 1.41 bits per heavy atom. The first-order chi connectivity index (χ1) is 19.0. The molecule has 1 heterocycles. The van der Waals surface area contributed by atoms with Gasteiger partial charge in [0.2, 0.25) is 0 Å². The zero-order valence-corrected chi connectivity index (χ0v) is 22.1. The van der Waals surface area contributed by atoms with Gasteiger partial charge in [0, 0.05) is 13.7 Å². The standard InChI is InChI=1S/C28H28F9NO3/c1-15-23(17-10-20(27(32,33)34)13-21(11-17)28(35,36)37)41-25(39)38(15)14-18-12-19(26(29,30)31)8-9-22(18)24(40-2)16-6-4-3-5-7-16/h8-13,15-16,23-24H,3-7,14H2,1-2H3/t15-,23?,24+/m0/s1. The number of hydrogen-bond acceptors (Lipinski definition) is 3. The summed E-state index contributed by atoms with van der Waals surface area (Å²) >= 11 is 0. The van der Waals surface area contributed by atoms with E-state index in [2.05, 4.69) is 0 Å². The number of cyclic esters (lactones) is 1. The highest BCUT2D eigenvalue weighted by Crippen LogP contribution is 2.43. The van der Waals surface area contributed by atoms with Crippen LogP contribution in [0, 0.1) is 5.92 Å². The molecule has 1 unspecified atom stereocenters. The van der Waals surface area contributed by atoms with Crippen molar-refractivity contribution in [3.05, 3.63) is 69.8 Å². The fraction of sp³-hybridized carbons (Fsp3) is 0.536. The average Bonchev–Trinajstić information content (AvgIpc) is 3.17. The lowest BCUT2D eigenvalue weighted by molar-refractivity contribution is -0.143. The van der Waals surface area contributed by atoms with Crippen molar-refractivity contribution in [1.82, 2.24) is 4.90 Å². The molecule has 0 aromatic heterocycles. The summed E-state index contributed by atoms with van der Waals surface area (Å²) in [6.45, 7) is 0.929. The van der Waals surface area contributed by atoms with Gasteiger partial charge in [-0.2, -0.15) is 39.5 Å². The first-order valence-corrected chi connectivity index (χ1v) is 13.0. The van der Waals surface area contributed by atoms with E-state index in [-0.39, 0.29) is 17.5 Å². The van der Waals surface area contributed by atoms with Gasteiger partial charge >= 0.3 is 24.6 Å². The fourth-order valence-corrected chi connectivity index (χ4v) is 5.69. The number of nitrogens with zero attached hydrogens (tertiary/aromatic N) is 1. The maximum atomic E-state index is 13.6. The Morgan fingerprint density at radius 3 is 1.93 bits per heavy atom. The predicted octanol–water partition coefficient (Wildman–Crippen LogP) is 9.09. The zero-order chi connectivity index (χ0) is 30.3. The lowest BCUT2D eigenvalue weighted by atomic mass is 9.81. The molecule has 2 aromatic carbocycles. The molecule has 0 N–H and O–H groups in total. The van der Waals surface area contributed by atoms with E-state index in [1.165, 1.54) is 20.1 Å². The summed E-state index contributed by atoms with van der Waals surface area (Å²) in [6.07, 6.45) is -13.6. The first kappa shape index (κ1) is 31.0. The molecule has 2 fully saturated rings. The molecule has 4 nitrogen and oxygen atoms in total. The topological polar surface area (TPSA) is 38.8 Å². The van der Waals surface area contributed by atoms with E-state index in [4.69, 9.17) is 9.47 Å². The van der Waals surface area contributed by atoms with Gasteiger partial charge in [0.05, 0.1) is 28.8 Å². The molecule has 2 aliphatic rings. The number of amides is 1. The molecule has 41 heavy (non-hydrogen) atoms. The third-order valence-electron chi connectivity index (χ3n) is 7.78. The van der Waals surface area contributed by atoms with E-state index in [1.54, 1.807) is 0 Å². The normalized spacial score (nSPS) is 21.7. The molecule has 1 aliphatic heterocycles. The molecule has 4 rings (SSSR count). The summed E-state index contributed by atoms with van der Waals surface area (Å²) in [5.41, 5.74) is -4.12. The Hall–Kier alpha value is -2.96. The van der Waals surface area contributed by atoms with Crippen LogP contribution in [-0.2, 0) is 34.5 Å². The number of hydrogen-bond donors (Lipinski definition) is 0. The van der Waals surface area contributed by atoms with Crippen LogP contribution in [0.15, 0.2) is 36.4 Å². The van der Waals surface area contributed by atoms with Crippen LogP contribution < -0.4 is 0 Å². The van der Waals surface area contributed by atoms with Crippen LogP contribution in [-0.4, -0.2) is 24.1 Å². The highest BCUT2D eigenvalue weighted by atomic mass is 19.4. The van der Waals surface area contributed by atoms with Crippen LogP contribution in [0.25, 0.3) is 0 Å². The van der Waals surface area contributed by atoms with Gasteiger partial charge in [-0.1, -0.05) is 25.3 Å². The quantitative estimate of drug-likeness (QED) is 0.312. The zero-order valence-electron chi connectivity index (χ0n) is 22.1. The Labute approximate surface area is 230 Å². The third kappa shape index (κ3) is 6.76. The van der Waals surface area contributed by atoms with Gasteiger partial charge in [0.15, 0.2) is 0 Å². The summed E-state index contributed by atoms with van der Waals surface area (Å²) in [5, 5.41) is 0. The largest absolute Gasteiger partial charge is 0.439 e. The lowest BCUT2D eigenvalue weighted by Crippen LogP contribution is -2.32. The highest BCUT2D eigenvalue weighted by molar-refractivity contribution is 5.71. The number of halogens is 9.